The lowest BCUT2D eigenvalue weighted by Gasteiger charge is -2.19. The van der Waals surface area contributed by atoms with Crippen molar-refractivity contribution in [1.29, 1.82) is 0 Å². The maximum absolute atomic E-state index is 11.6. The van der Waals surface area contributed by atoms with Crippen LogP contribution in [-0.4, -0.2) is 11.5 Å². The summed E-state index contributed by atoms with van der Waals surface area (Å²) in [5, 5.41) is 0. The summed E-state index contributed by atoms with van der Waals surface area (Å²) in [7, 11) is 0. The van der Waals surface area contributed by atoms with Gasteiger partial charge in [-0.25, -0.2) is 0 Å². The third-order valence-electron chi connectivity index (χ3n) is 3.13. The number of hydrogen-bond acceptors (Lipinski definition) is 2. The highest BCUT2D eigenvalue weighted by Gasteiger charge is 2.28. The minimum Gasteiger partial charge on any atom is -0.298 e. The normalized spacial score (nSPS) is 15.9. The molecule has 1 aromatic rings. The second-order valence-electron chi connectivity index (χ2n) is 5.80. The number of carbonyl (C=O) groups is 1. The first kappa shape index (κ1) is 12.7. The Kier molecular flexibility index (Phi) is 3.62. The number of ketones is 1. The molecule has 0 aliphatic heterocycles. The zero-order chi connectivity index (χ0) is 12.5. The summed E-state index contributed by atoms with van der Waals surface area (Å²) in [6.45, 7) is 6.64. The highest BCUT2D eigenvalue weighted by Crippen LogP contribution is 2.32. The van der Waals surface area contributed by atoms with Gasteiger partial charge in [0.2, 0.25) is 0 Å². The Labute approximate surface area is 108 Å². The van der Waals surface area contributed by atoms with E-state index < -0.39 is 0 Å². The van der Waals surface area contributed by atoms with Crippen molar-refractivity contribution in [3.8, 4) is 0 Å². The van der Waals surface area contributed by atoms with Crippen molar-refractivity contribution in [2.24, 2.45) is 5.92 Å². The molecule has 2 heteroatoms. The molecular weight excluding hydrogens is 228 g/mol. The molecule has 0 heterocycles. The lowest BCUT2D eigenvalue weighted by molar-refractivity contribution is -0.117. The standard InChI is InChI=1S/C15H20OS/c1-15(2,3)12-6-8-13(9-7-12)17-10-14(16)11-4-5-11/h6-9,11H,4-5,10H2,1-3H3. The smallest absolute Gasteiger partial charge is 0.146 e. The summed E-state index contributed by atoms with van der Waals surface area (Å²) in [6.07, 6.45) is 2.23. The maximum Gasteiger partial charge on any atom is 0.146 e. The molecule has 1 saturated carbocycles. The van der Waals surface area contributed by atoms with E-state index in [4.69, 9.17) is 0 Å². The molecule has 0 saturated heterocycles. The fraction of sp³-hybridized carbons (Fsp3) is 0.533. The molecule has 1 aliphatic rings. The molecule has 17 heavy (non-hydrogen) atoms. The Hall–Kier alpha value is -0.760. The van der Waals surface area contributed by atoms with E-state index in [0.29, 0.717) is 17.5 Å². The van der Waals surface area contributed by atoms with Crippen molar-refractivity contribution in [3.05, 3.63) is 29.8 Å². The Morgan fingerprint density at radius 3 is 2.29 bits per heavy atom. The largest absolute Gasteiger partial charge is 0.298 e. The molecule has 0 N–H and O–H groups in total. The maximum atomic E-state index is 11.6. The van der Waals surface area contributed by atoms with Crippen LogP contribution in [0.2, 0.25) is 0 Å². The quantitative estimate of drug-likeness (QED) is 0.748. The molecular formula is C15H20OS. The summed E-state index contributed by atoms with van der Waals surface area (Å²) in [5.41, 5.74) is 1.54. The van der Waals surface area contributed by atoms with Crippen LogP contribution >= 0.6 is 11.8 Å². The Morgan fingerprint density at radius 2 is 1.82 bits per heavy atom. The molecule has 0 amide bonds. The number of rotatable bonds is 4. The van der Waals surface area contributed by atoms with Crippen LogP contribution < -0.4 is 0 Å². The lowest BCUT2D eigenvalue weighted by atomic mass is 9.87. The zero-order valence-corrected chi connectivity index (χ0v) is 11.6. The van der Waals surface area contributed by atoms with Crippen LogP contribution in [0.1, 0.15) is 39.2 Å². The van der Waals surface area contributed by atoms with Crippen LogP contribution in [0.4, 0.5) is 0 Å². The summed E-state index contributed by atoms with van der Waals surface area (Å²) in [6, 6.07) is 8.60. The molecule has 0 aromatic heterocycles. The molecule has 0 atom stereocenters. The van der Waals surface area contributed by atoms with E-state index in [2.05, 4.69) is 45.0 Å². The molecule has 0 radical (unpaired) electrons. The SMILES string of the molecule is CC(C)(C)c1ccc(SCC(=O)C2CC2)cc1. The summed E-state index contributed by atoms with van der Waals surface area (Å²) in [5.74, 6) is 1.45. The molecule has 0 bridgehead atoms. The van der Waals surface area contributed by atoms with Crippen LogP contribution in [0.5, 0.6) is 0 Å². The first-order valence-corrected chi connectivity index (χ1v) is 7.21. The summed E-state index contributed by atoms with van der Waals surface area (Å²) < 4.78 is 0. The van der Waals surface area contributed by atoms with Crippen LogP contribution in [0.15, 0.2) is 29.2 Å². The number of thioether (sulfide) groups is 1. The van der Waals surface area contributed by atoms with Gasteiger partial charge in [-0.2, -0.15) is 0 Å². The van der Waals surface area contributed by atoms with Gasteiger partial charge in [-0.1, -0.05) is 32.9 Å². The fourth-order valence-electron chi connectivity index (χ4n) is 1.73. The van der Waals surface area contributed by atoms with Gasteiger partial charge in [-0.3, -0.25) is 4.79 Å². The monoisotopic (exact) mass is 248 g/mol. The van der Waals surface area contributed by atoms with Crippen molar-refractivity contribution < 1.29 is 4.79 Å². The zero-order valence-electron chi connectivity index (χ0n) is 10.8. The van der Waals surface area contributed by atoms with Gasteiger partial charge >= 0.3 is 0 Å². The average Bonchev–Trinajstić information content (AvgIpc) is 3.09. The fourth-order valence-corrected chi connectivity index (χ4v) is 2.60. The van der Waals surface area contributed by atoms with E-state index in [1.165, 1.54) is 10.5 Å². The van der Waals surface area contributed by atoms with Gasteiger partial charge in [-0.15, -0.1) is 11.8 Å². The topological polar surface area (TPSA) is 17.1 Å². The number of carbonyl (C=O) groups excluding carboxylic acids is 1. The van der Waals surface area contributed by atoms with Gasteiger partial charge in [0, 0.05) is 10.8 Å². The van der Waals surface area contributed by atoms with Crippen molar-refractivity contribution in [2.45, 2.75) is 43.9 Å². The molecule has 0 unspecified atom stereocenters. The van der Waals surface area contributed by atoms with Crippen LogP contribution in [0.25, 0.3) is 0 Å². The first-order chi connectivity index (χ1) is 7.97. The van der Waals surface area contributed by atoms with Crippen molar-refractivity contribution >= 4 is 17.5 Å². The van der Waals surface area contributed by atoms with Gasteiger partial charge in [0.15, 0.2) is 0 Å². The van der Waals surface area contributed by atoms with Gasteiger partial charge in [0.1, 0.15) is 5.78 Å². The van der Waals surface area contributed by atoms with Gasteiger partial charge in [-0.05, 0) is 36.0 Å². The van der Waals surface area contributed by atoms with E-state index in [0.717, 1.165) is 12.8 Å². The summed E-state index contributed by atoms with van der Waals surface area (Å²) >= 11 is 1.67. The number of hydrogen-bond donors (Lipinski definition) is 0. The van der Waals surface area contributed by atoms with Crippen molar-refractivity contribution in [3.63, 3.8) is 0 Å². The third-order valence-corrected chi connectivity index (χ3v) is 4.17. The molecule has 92 valence electrons. The predicted molar refractivity (Wildman–Crippen MR) is 73.6 cm³/mol. The lowest BCUT2D eigenvalue weighted by Crippen LogP contribution is -2.10. The van der Waals surface area contributed by atoms with Crippen LogP contribution in [0, 0.1) is 5.92 Å². The van der Waals surface area contributed by atoms with E-state index >= 15 is 0 Å². The van der Waals surface area contributed by atoms with E-state index in [-0.39, 0.29) is 5.41 Å². The second kappa shape index (κ2) is 4.85. The Bertz CT molecular complexity index is 396. The Morgan fingerprint density at radius 1 is 1.24 bits per heavy atom. The molecule has 1 aromatic carbocycles. The number of benzene rings is 1. The highest BCUT2D eigenvalue weighted by atomic mass is 32.2. The number of Topliss-reactive ketones (excluding diaryl/α,β-unsaturated/α-hetero) is 1. The third kappa shape index (κ3) is 3.60. The molecule has 0 spiro atoms. The summed E-state index contributed by atoms with van der Waals surface area (Å²) in [4.78, 5) is 12.8. The minimum atomic E-state index is 0.201. The second-order valence-corrected chi connectivity index (χ2v) is 6.85. The van der Waals surface area contributed by atoms with Gasteiger partial charge in [0.25, 0.3) is 0 Å². The average molecular weight is 248 g/mol. The molecule has 2 rings (SSSR count). The van der Waals surface area contributed by atoms with Gasteiger partial charge in [0.05, 0.1) is 5.75 Å². The predicted octanol–water partition coefficient (Wildman–Crippen LogP) is 4.06. The first-order valence-electron chi connectivity index (χ1n) is 6.23. The van der Waals surface area contributed by atoms with E-state index in [1.54, 1.807) is 11.8 Å². The van der Waals surface area contributed by atoms with Crippen molar-refractivity contribution in [2.75, 3.05) is 5.75 Å². The molecule has 1 nitrogen and oxygen atoms in total. The van der Waals surface area contributed by atoms with Crippen molar-refractivity contribution in [1.82, 2.24) is 0 Å². The molecule has 1 fully saturated rings. The van der Waals surface area contributed by atoms with Gasteiger partial charge < -0.3 is 0 Å². The van der Waals surface area contributed by atoms with Crippen LogP contribution in [-0.2, 0) is 10.2 Å². The Balaban J connectivity index is 1.91. The highest BCUT2D eigenvalue weighted by molar-refractivity contribution is 8.00. The van der Waals surface area contributed by atoms with E-state index in [1.807, 2.05) is 0 Å². The molecule has 1 aliphatic carbocycles. The van der Waals surface area contributed by atoms with E-state index in [9.17, 15) is 4.79 Å². The minimum absolute atomic E-state index is 0.201. The van der Waals surface area contributed by atoms with Crippen LogP contribution in [0.3, 0.4) is 0 Å².